The standard InChI is InChI=1S/C16H29NO3/c1-2-5-14-6-3-9-17(10-7-14)12-16(15(18)19)8-4-11-20-13-16/h14H,2-13H2,1H3,(H,18,19). The molecule has 2 aliphatic heterocycles. The van der Waals surface area contributed by atoms with Crippen molar-refractivity contribution in [1.82, 2.24) is 4.90 Å². The summed E-state index contributed by atoms with van der Waals surface area (Å²) in [5, 5.41) is 9.62. The van der Waals surface area contributed by atoms with Crippen molar-refractivity contribution in [2.24, 2.45) is 11.3 Å². The van der Waals surface area contributed by atoms with Gasteiger partial charge in [-0.3, -0.25) is 4.79 Å². The van der Waals surface area contributed by atoms with Crippen molar-refractivity contribution in [2.75, 3.05) is 32.8 Å². The van der Waals surface area contributed by atoms with Crippen LogP contribution in [0.3, 0.4) is 0 Å². The van der Waals surface area contributed by atoms with Gasteiger partial charge in [0.2, 0.25) is 0 Å². The first kappa shape index (κ1) is 15.8. The van der Waals surface area contributed by atoms with Crippen LogP contribution in [0.1, 0.15) is 51.9 Å². The predicted octanol–water partition coefficient (Wildman–Crippen LogP) is 2.77. The van der Waals surface area contributed by atoms with Crippen molar-refractivity contribution < 1.29 is 14.6 Å². The van der Waals surface area contributed by atoms with Crippen LogP contribution in [0.4, 0.5) is 0 Å². The molecule has 0 bridgehead atoms. The van der Waals surface area contributed by atoms with Crippen LogP contribution in [0.25, 0.3) is 0 Å². The Morgan fingerprint density at radius 2 is 2.20 bits per heavy atom. The molecule has 0 aliphatic carbocycles. The number of carboxylic acid groups (broad SMARTS) is 1. The second-order valence-electron chi connectivity index (χ2n) is 6.60. The summed E-state index contributed by atoms with van der Waals surface area (Å²) in [6.07, 6.45) is 7.96. The smallest absolute Gasteiger partial charge is 0.313 e. The molecule has 20 heavy (non-hydrogen) atoms. The maximum atomic E-state index is 11.7. The zero-order valence-electron chi connectivity index (χ0n) is 12.8. The van der Waals surface area contributed by atoms with Crippen molar-refractivity contribution >= 4 is 5.97 Å². The Morgan fingerprint density at radius 1 is 1.35 bits per heavy atom. The van der Waals surface area contributed by atoms with Crippen molar-refractivity contribution in [1.29, 1.82) is 0 Å². The molecule has 0 aromatic carbocycles. The molecule has 2 atom stereocenters. The lowest BCUT2D eigenvalue weighted by atomic mass is 9.82. The van der Waals surface area contributed by atoms with E-state index in [9.17, 15) is 9.90 Å². The number of carboxylic acids is 1. The van der Waals surface area contributed by atoms with Gasteiger partial charge in [0.1, 0.15) is 5.41 Å². The molecule has 0 spiro atoms. The zero-order valence-corrected chi connectivity index (χ0v) is 12.8. The highest BCUT2D eigenvalue weighted by Crippen LogP contribution is 2.32. The Kier molecular flexibility index (Phi) is 5.85. The number of nitrogens with zero attached hydrogens (tertiary/aromatic N) is 1. The molecule has 2 unspecified atom stereocenters. The maximum Gasteiger partial charge on any atom is 0.313 e. The van der Waals surface area contributed by atoms with Gasteiger partial charge in [-0.25, -0.2) is 0 Å². The number of carbonyl (C=O) groups is 1. The summed E-state index contributed by atoms with van der Waals surface area (Å²) >= 11 is 0. The molecule has 0 aromatic heterocycles. The second-order valence-corrected chi connectivity index (χ2v) is 6.60. The van der Waals surface area contributed by atoms with Gasteiger partial charge in [0.25, 0.3) is 0 Å². The molecule has 0 aromatic rings. The molecule has 1 N–H and O–H groups in total. The minimum atomic E-state index is -0.674. The third kappa shape index (κ3) is 3.95. The fourth-order valence-corrected chi connectivity index (χ4v) is 3.72. The number of ether oxygens (including phenoxy) is 1. The molecule has 4 heteroatoms. The lowest BCUT2D eigenvalue weighted by molar-refractivity contribution is -0.159. The van der Waals surface area contributed by atoms with Crippen LogP contribution in [-0.4, -0.2) is 48.8 Å². The van der Waals surface area contributed by atoms with Crippen LogP contribution in [0.5, 0.6) is 0 Å². The molecule has 2 saturated heterocycles. The number of hydrogen-bond donors (Lipinski definition) is 1. The third-order valence-corrected chi connectivity index (χ3v) is 4.94. The van der Waals surface area contributed by atoms with E-state index in [0.717, 1.165) is 31.8 Å². The van der Waals surface area contributed by atoms with Gasteiger partial charge in [0.15, 0.2) is 0 Å². The molecule has 2 fully saturated rings. The van der Waals surface area contributed by atoms with E-state index in [1.165, 1.54) is 32.1 Å². The van der Waals surface area contributed by atoms with E-state index in [1.807, 2.05) is 0 Å². The molecule has 0 amide bonds. The topological polar surface area (TPSA) is 49.8 Å². The van der Waals surface area contributed by atoms with E-state index in [2.05, 4.69) is 11.8 Å². The first-order chi connectivity index (χ1) is 9.66. The first-order valence-electron chi connectivity index (χ1n) is 8.20. The fourth-order valence-electron chi connectivity index (χ4n) is 3.72. The Bertz CT molecular complexity index is 313. The molecule has 116 valence electrons. The van der Waals surface area contributed by atoms with E-state index in [0.29, 0.717) is 19.8 Å². The van der Waals surface area contributed by atoms with Crippen LogP contribution in [0, 0.1) is 11.3 Å². The van der Waals surface area contributed by atoms with E-state index in [-0.39, 0.29) is 0 Å². The van der Waals surface area contributed by atoms with Gasteiger partial charge in [-0.2, -0.15) is 0 Å². The van der Waals surface area contributed by atoms with Gasteiger partial charge < -0.3 is 14.7 Å². The highest BCUT2D eigenvalue weighted by Gasteiger charge is 2.42. The summed E-state index contributed by atoms with van der Waals surface area (Å²) in [5.41, 5.74) is -0.664. The van der Waals surface area contributed by atoms with Gasteiger partial charge >= 0.3 is 5.97 Å². The summed E-state index contributed by atoms with van der Waals surface area (Å²) in [4.78, 5) is 14.1. The molecular formula is C16H29NO3. The Labute approximate surface area is 122 Å². The monoisotopic (exact) mass is 283 g/mol. The summed E-state index contributed by atoms with van der Waals surface area (Å²) in [6, 6.07) is 0. The third-order valence-electron chi connectivity index (χ3n) is 4.94. The highest BCUT2D eigenvalue weighted by molar-refractivity contribution is 5.75. The Balaban J connectivity index is 1.92. The Hall–Kier alpha value is -0.610. The number of hydrogen-bond acceptors (Lipinski definition) is 3. The van der Waals surface area contributed by atoms with E-state index >= 15 is 0 Å². The molecule has 4 nitrogen and oxygen atoms in total. The minimum absolute atomic E-state index is 0.386. The van der Waals surface area contributed by atoms with Crippen LogP contribution >= 0.6 is 0 Å². The van der Waals surface area contributed by atoms with Gasteiger partial charge in [-0.05, 0) is 51.1 Å². The first-order valence-corrected chi connectivity index (χ1v) is 8.20. The van der Waals surface area contributed by atoms with Gasteiger partial charge in [-0.1, -0.05) is 19.8 Å². The number of rotatable bonds is 5. The van der Waals surface area contributed by atoms with Crippen molar-refractivity contribution in [2.45, 2.75) is 51.9 Å². The molecule has 2 rings (SSSR count). The van der Waals surface area contributed by atoms with E-state index in [1.54, 1.807) is 0 Å². The van der Waals surface area contributed by atoms with Gasteiger partial charge in [0.05, 0.1) is 6.61 Å². The molecule has 0 radical (unpaired) electrons. The number of aliphatic carboxylic acids is 1. The SMILES string of the molecule is CCCC1CCCN(CC2(C(=O)O)CCCOC2)CC1. The van der Waals surface area contributed by atoms with Crippen LogP contribution in [-0.2, 0) is 9.53 Å². The quantitative estimate of drug-likeness (QED) is 0.843. The van der Waals surface area contributed by atoms with Crippen LogP contribution in [0.2, 0.25) is 0 Å². The normalized spacial score (nSPS) is 32.8. The number of likely N-dealkylation sites (tertiary alicyclic amines) is 1. The fraction of sp³-hybridized carbons (Fsp3) is 0.938. The lowest BCUT2D eigenvalue weighted by Gasteiger charge is -2.37. The van der Waals surface area contributed by atoms with Crippen LogP contribution < -0.4 is 0 Å². The van der Waals surface area contributed by atoms with Crippen molar-refractivity contribution in [3.63, 3.8) is 0 Å². The summed E-state index contributed by atoms with van der Waals surface area (Å²) in [7, 11) is 0. The summed E-state index contributed by atoms with van der Waals surface area (Å²) in [5.74, 6) is 0.167. The van der Waals surface area contributed by atoms with Crippen molar-refractivity contribution in [3.05, 3.63) is 0 Å². The Morgan fingerprint density at radius 3 is 2.85 bits per heavy atom. The lowest BCUT2D eigenvalue weighted by Crippen LogP contribution is -2.48. The van der Waals surface area contributed by atoms with E-state index < -0.39 is 11.4 Å². The molecule has 0 saturated carbocycles. The van der Waals surface area contributed by atoms with Crippen LogP contribution in [0.15, 0.2) is 0 Å². The highest BCUT2D eigenvalue weighted by atomic mass is 16.5. The second kappa shape index (κ2) is 7.41. The minimum Gasteiger partial charge on any atom is -0.481 e. The summed E-state index contributed by atoms with van der Waals surface area (Å²) in [6.45, 7) is 6.13. The zero-order chi connectivity index (χ0) is 14.4. The maximum absolute atomic E-state index is 11.7. The van der Waals surface area contributed by atoms with Crippen molar-refractivity contribution in [3.8, 4) is 0 Å². The van der Waals surface area contributed by atoms with Gasteiger partial charge in [0, 0.05) is 13.2 Å². The molecule has 2 aliphatic rings. The summed E-state index contributed by atoms with van der Waals surface area (Å²) < 4.78 is 5.47. The average molecular weight is 283 g/mol. The van der Waals surface area contributed by atoms with Gasteiger partial charge in [-0.15, -0.1) is 0 Å². The predicted molar refractivity (Wildman–Crippen MR) is 78.8 cm³/mol. The largest absolute Gasteiger partial charge is 0.481 e. The van der Waals surface area contributed by atoms with E-state index in [4.69, 9.17) is 4.74 Å². The molecular weight excluding hydrogens is 254 g/mol. The molecule has 2 heterocycles. The average Bonchev–Trinajstić information content (AvgIpc) is 2.66.